The lowest BCUT2D eigenvalue weighted by Gasteiger charge is -2.17. The van der Waals surface area contributed by atoms with E-state index in [1.54, 1.807) is 13.1 Å². The van der Waals surface area contributed by atoms with Crippen LogP contribution < -0.4 is 10.6 Å². The maximum Gasteiger partial charge on any atom is 0.264 e. The molecule has 7 heteroatoms. The third kappa shape index (κ3) is 5.63. The highest BCUT2D eigenvalue weighted by molar-refractivity contribution is 7.12. The topological polar surface area (TPSA) is 61.4 Å². The maximum absolute atomic E-state index is 12.2. The van der Waals surface area contributed by atoms with Gasteiger partial charge in [-0.1, -0.05) is 31.2 Å². The summed E-state index contributed by atoms with van der Waals surface area (Å²) in [6.45, 7) is 3.61. The van der Waals surface area contributed by atoms with E-state index in [1.165, 1.54) is 16.2 Å². The van der Waals surface area contributed by atoms with Crippen molar-refractivity contribution in [2.24, 2.45) is 0 Å². The van der Waals surface area contributed by atoms with E-state index in [1.807, 2.05) is 42.6 Å². The summed E-state index contributed by atoms with van der Waals surface area (Å²) in [6.07, 6.45) is 0. The highest BCUT2D eigenvalue weighted by Crippen LogP contribution is 2.15. The van der Waals surface area contributed by atoms with Gasteiger partial charge in [0.15, 0.2) is 0 Å². The predicted octanol–water partition coefficient (Wildman–Crippen LogP) is 2.99. The van der Waals surface area contributed by atoms with Crippen LogP contribution in [0.3, 0.4) is 0 Å². The molecule has 0 atom stereocenters. The van der Waals surface area contributed by atoms with Crippen LogP contribution in [0, 0.1) is 0 Å². The minimum atomic E-state index is -0.207. The highest BCUT2D eigenvalue weighted by atomic mass is 35.5. The first kappa shape index (κ1) is 20.2. The minimum absolute atomic E-state index is 0. The van der Waals surface area contributed by atoms with Gasteiger partial charge in [0.2, 0.25) is 5.91 Å². The third-order valence-corrected chi connectivity index (χ3v) is 4.17. The first-order valence-electron chi connectivity index (χ1n) is 7.49. The first-order chi connectivity index (χ1) is 11.1. The molecular weight excluding hydrogens is 346 g/mol. The fourth-order valence-corrected chi connectivity index (χ4v) is 2.84. The molecule has 2 aromatic rings. The Morgan fingerprint density at radius 2 is 1.92 bits per heavy atom. The van der Waals surface area contributed by atoms with E-state index >= 15 is 0 Å². The van der Waals surface area contributed by atoms with Gasteiger partial charge in [-0.25, -0.2) is 0 Å². The Kier molecular flexibility index (Phi) is 8.46. The molecule has 0 bridgehead atoms. The van der Waals surface area contributed by atoms with Crippen molar-refractivity contribution in [3.05, 3.63) is 52.2 Å². The standard InChI is InChI=1S/C17H21N3O2S.ClH/c1-3-18-11-13-7-4-5-8-14(13)19-16(21)12-20(2)17(22)15-9-6-10-23-15;/h4-10,18H,3,11-12H2,1-2H3,(H,19,21);1H. The normalized spacial score (nSPS) is 9.92. The summed E-state index contributed by atoms with van der Waals surface area (Å²) < 4.78 is 0. The van der Waals surface area contributed by atoms with E-state index < -0.39 is 0 Å². The van der Waals surface area contributed by atoms with E-state index in [0.29, 0.717) is 11.4 Å². The van der Waals surface area contributed by atoms with Gasteiger partial charge in [-0.3, -0.25) is 9.59 Å². The smallest absolute Gasteiger partial charge is 0.264 e. The van der Waals surface area contributed by atoms with Crippen LogP contribution in [0.5, 0.6) is 0 Å². The number of amides is 2. The number of nitrogens with one attached hydrogen (secondary N) is 2. The number of anilines is 1. The predicted molar refractivity (Wildman–Crippen MR) is 101 cm³/mol. The number of nitrogens with zero attached hydrogens (tertiary/aromatic N) is 1. The Hall–Kier alpha value is -1.89. The van der Waals surface area contributed by atoms with Gasteiger partial charge >= 0.3 is 0 Å². The quantitative estimate of drug-likeness (QED) is 0.790. The molecular formula is C17H22ClN3O2S. The van der Waals surface area contributed by atoms with Crippen LogP contribution in [0.2, 0.25) is 0 Å². The van der Waals surface area contributed by atoms with Crippen molar-refractivity contribution in [1.82, 2.24) is 10.2 Å². The van der Waals surface area contributed by atoms with Crippen molar-refractivity contribution in [3.63, 3.8) is 0 Å². The molecule has 0 saturated heterocycles. The third-order valence-electron chi connectivity index (χ3n) is 3.32. The van der Waals surface area contributed by atoms with Gasteiger partial charge in [0.25, 0.3) is 5.91 Å². The molecule has 130 valence electrons. The van der Waals surface area contributed by atoms with Gasteiger partial charge in [-0.05, 0) is 29.6 Å². The molecule has 0 spiro atoms. The lowest BCUT2D eigenvalue weighted by atomic mass is 10.1. The number of hydrogen-bond acceptors (Lipinski definition) is 4. The van der Waals surface area contributed by atoms with Gasteiger partial charge in [0.1, 0.15) is 0 Å². The zero-order valence-corrected chi connectivity index (χ0v) is 15.4. The SMILES string of the molecule is CCNCc1ccccc1NC(=O)CN(C)C(=O)c1cccs1.Cl. The molecule has 0 saturated carbocycles. The van der Waals surface area contributed by atoms with Crippen molar-refractivity contribution in [1.29, 1.82) is 0 Å². The van der Waals surface area contributed by atoms with Crippen LogP contribution in [0.1, 0.15) is 22.2 Å². The Morgan fingerprint density at radius 1 is 1.17 bits per heavy atom. The van der Waals surface area contributed by atoms with Crippen molar-refractivity contribution < 1.29 is 9.59 Å². The number of carbonyl (C=O) groups is 2. The zero-order chi connectivity index (χ0) is 16.7. The molecule has 0 fully saturated rings. The fraction of sp³-hybridized carbons (Fsp3) is 0.294. The average molecular weight is 368 g/mol. The molecule has 1 aromatic carbocycles. The molecule has 0 aliphatic rings. The number of benzene rings is 1. The van der Waals surface area contributed by atoms with Crippen molar-refractivity contribution in [2.45, 2.75) is 13.5 Å². The maximum atomic E-state index is 12.2. The lowest BCUT2D eigenvalue weighted by molar-refractivity contribution is -0.116. The van der Waals surface area contributed by atoms with Crippen molar-refractivity contribution in [2.75, 3.05) is 25.5 Å². The number of carbonyl (C=O) groups excluding carboxylic acids is 2. The van der Waals surface area contributed by atoms with E-state index in [4.69, 9.17) is 0 Å². The molecule has 0 unspecified atom stereocenters. The van der Waals surface area contributed by atoms with Crippen LogP contribution in [-0.2, 0) is 11.3 Å². The Labute approximate surface area is 152 Å². The molecule has 1 aromatic heterocycles. The number of halogens is 1. The number of likely N-dealkylation sites (N-methyl/N-ethyl adjacent to an activating group) is 1. The van der Waals surface area contributed by atoms with Crippen molar-refractivity contribution >= 4 is 41.2 Å². The number of thiophene rings is 1. The number of para-hydroxylation sites is 1. The molecule has 0 aliphatic heterocycles. The summed E-state index contributed by atoms with van der Waals surface area (Å²) in [5.41, 5.74) is 1.80. The molecule has 2 N–H and O–H groups in total. The Morgan fingerprint density at radius 3 is 2.58 bits per heavy atom. The second kappa shape index (κ2) is 10.1. The summed E-state index contributed by atoms with van der Waals surface area (Å²) in [6, 6.07) is 11.2. The second-order valence-electron chi connectivity index (χ2n) is 5.12. The van der Waals surface area contributed by atoms with E-state index in [-0.39, 0.29) is 30.8 Å². The summed E-state index contributed by atoms with van der Waals surface area (Å²) >= 11 is 1.37. The largest absolute Gasteiger partial charge is 0.332 e. The molecule has 5 nitrogen and oxygen atoms in total. The van der Waals surface area contributed by atoms with Gasteiger partial charge in [-0.15, -0.1) is 23.7 Å². The lowest BCUT2D eigenvalue weighted by Crippen LogP contribution is -2.34. The Bertz CT molecular complexity index is 662. The van der Waals surface area contributed by atoms with Gasteiger partial charge in [0.05, 0.1) is 11.4 Å². The molecule has 2 amide bonds. The summed E-state index contributed by atoms with van der Waals surface area (Å²) in [5.74, 6) is -0.350. The summed E-state index contributed by atoms with van der Waals surface area (Å²) in [7, 11) is 1.63. The second-order valence-corrected chi connectivity index (χ2v) is 6.07. The molecule has 0 aliphatic carbocycles. The zero-order valence-electron chi connectivity index (χ0n) is 13.7. The van der Waals surface area contributed by atoms with E-state index in [0.717, 1.165) is 17.8 Å². The van der Waals surface area contributed by atoms with Crippen LogP contribution in [0.15, 0.2) is 41.8 Å². The average Bonchev–Trinajstić information content (AvgIpc) is 3.07. The highest BCUT2D eigenvalue weighted by Gasteiger charge is 2.16. The summed E-state index contributed by atoms with van der Waals surface area (Å²) in [4.78, 5) is 26.4. The monoisotopic (exact) mass is 367 g/mol. The van der Waals surface area contributed by atoms with Gasteiger partial charge in [-0.2, -0.15) is 0 Å². The first-order valence-corrected chi connectivity index (χ1v) is 8.37. The number of hydrogen-bond donors (Lipinski definition) is 2. The van der Waals surface area contributed by atoms with Crippen molar-refractivity contribution in [3.8, 4) is 0 Å². The molecule has 1 heterocycles. The van der Waals surface area contributed by atoms with Gasteiger partial charge in [0, 0.05) is 19.3 Å². The van der Waals surface area contributed by atoms with Crippen LogP contribution in [0.25, 0.3) is 0 Å². The van der Waals surface area contributed by atoms with Crippen LogP contribution in [-0.4, -0.2) is 36.9 Å². The van der Waals surface area contributed by atoms with E-state index in [2.05, 4.69) is 10.6 Å². The molecule has 24 heavy (non-hydrogen) atoms. The Balaban J connectivity index is 0.00000288. The van der Waals surface area contributed by atoms with Crippen LogP contribution >= 0.6 is 23.7 Å². The number of rotatable bonds is 7. The van der Waals surface area contributed by atoms with Crippen LogP contribution in [0.4, 0.5) is 5.69 Å². The molecule has 0 radical (unpaired) electrons. The van der Waals surface area contributed by atoms with E-state index in [9.17, 15) is 9.59 Å². The van der Waals surface area contributed by atoms with Gasteiger partial charge < -0.3 is 15.5 Å². The molecule has 2 rings (SSSR count). The fourth-order valence-electron chi connectivity index (χ4n) is 2.12. The summed E-state index contributed by atoms with van der Waals surface area (Å²) in [5, 5.41) is 7.97. The minimum Gasteiger partial charge on any atom is -0.332 e.